The minimum absolute atomic E-state index is 0.140. The molecule has 0 radical (unpaired) electrons. The fraction of sp³-hybridized carbons (Fsp3) is 0.235. The predicted molar refractivity (Wildman–Crippen MR) is 83.8 cm³/mol. The number of anilines is 1. The van der Waals surface area contributed by atoms with Gasteiger partial charge in [-0.1, -0.05) is 36.4 Å². The Balaban J connectivity index is 1.94. The molecule has 22 heavy (non-hydrogen) atoms. The van der Waals surface area contributed by atoms with Crippen LogP contribution in [0.4, 0.5) is 10.1 Å². The molecule has 3 N–H and O–H groups in total. The van der Waals surface area contributed by atoms with E-state index in [1.54, 1.807) is 18.2 Å². The van der Waals surface area contributed by atoms with Gasteiger partial charge >= 0.3 is 0 Å². The zero-order chi connectivity index (χ0) is 15.9. The summed E-state index contributed by atoms with van der Waals surface area (Å²) >= 11 is 0. The Morgan fingerprint density at radius 3 is 2.59 bits per heavy atom. The van der Waals surface area contributed by atoms with Crippen LogP contribution in [0, 0.1) is 5.82 Å². The van der Waals surface area contributed by atoms with Crippen LogP contribution in [0.1, 0.15) is 24.2 Å². The highest BCUT2D eigenvalue weighted by Gasteiger charge is 2.12. The summed E-state index contributed by atoms with van der Waals surface area (Å²) in [6, 6.07) is 13.6. The van der Waals surface area contributed by atoms with Crippen LogP contribution in [0.5, 0.6) is 0 Å². The Bertz CT molecular complexity index is 646. The van der Waals surface area contributed by atoms with E-state index in [-0.39, 0.29) is 18.0 Å². The SMILES string of the molecule is CC(=O)Nc1ccccc1CNCC(O)c1ccccc1F. The van der Waals surface area contributed by atoms with Gasteiger partial charge < -0.3 is 15.7 Å². The third kappa shape index (κ3) is 4.38. The van der Waals surface area contributed by atoms with Gasteiger partial charge in [0, 0.05) is 31.3 Å². The summed E-state index contributed by atoms with van der Waals surface area (Å²) < 4.78 is 13.6. The maximum Gasteiger partial charge on any atom is 0.221 e. The average molecular weight is 302 g/mol. The topological polar surface area (TPSA) is 61.4 Å². The Morgan fingerprint density at radius 2 is 1.86 bits per heavy atom. The van der Waals surface area contributed by atoms with Crippen molar-refractivity contribution >= 4 is 11.6 Å². The highest BCUT2D eigenvalue weighted by molar-refractivity contribution is 5.89. The van der Waals surface area contributed by atoms with E-state index >= 15 is 0 Å². The molecule has 0 heterocycles. The van der Waals surface area contributed by atoms with Gasteiger partial charge in [-0.2, -0.15) is 0 Å². The first-order valence-corrected chi connectivity index (χ1v) is 7.06. The van der Waals surface area contributed by atoms with Crippen LogP contribution in [0.25, 0.3) is 0 Å². The number of carbonyl (C=O) groups excluding carboxylic acids is 1. The van der Waals surface area contributed by atoms with Gasteiger partial charge in [-0.3, -0.25) is 4.79 Å². The molecule has 0 bridgehead atoms. The van der Waals surface area contributed by atoms with Crippen LogP contribution < -0.4 is 10.6 Å². The molecular formula is C17H19FN2O2. The van der Waals surface area contributed by atoms with E-state index in [4.69, 9.17) is 0 Å². The molecule has 0 aliphatic rings. The average Bonchev–Trinajstić information content (AvgIpc) is 2.49. The van der Waals surface area contributed by atoms with Crippen molar-refractivity contribution < 1.29 is 14.3 Å². The number of amides is 1. The van der Waals surface area contributed by atoms with Gasteiger partial charge in [0.05, 0.1) is 6.10 Å². The molecule has 2 rings (SSSR count). The predicted octanol–water partition coefficient (Wildman–Crippen LogP) is 2.61. The maximum absolute atomic E-state index is 13.6. The highest BCUT2D eigenvalue weighted by Crippen LogP contribution is 2.17. The minimum Gasteiger partial charge on any atom is -0.387 e. The lowest BCUT2D eigenvalue weighted by atomic mass is 10.1. The second-order valence-electron chi connectivity index (χ2n) is 5.01. The van der Waals surface area contributed by atoms with E-state index in [1.165, 1.54) is 13.0 Å². The number of hydrogen-bond acceptors (Lipinski definition) is 3. The Labute approximate surface area is 129 Å². The molecule has 2 aromatic carbocycles. The van der Waals surface area contributed by atoms with Gasteiger partial charge in [0.2, 0.25) is 5.91 Å². The second kappa shape index (κ2) is 7.68. The van der Waals surface area contributed by atoms with Crippen molar-refractivity contribution in [2.24, 2.45) is 0 Å². The van der Waals surface area contributed by atoms with Crippen molar-refractivity contribution in [2.75, 3.05) is 11.9 Å². The van der Waals surface area contributed by atoms with Crippen molar-refractivity contribution in [1.29, 1.82) is 0 Å². The summed E-state index contributed by atoms with van der Waals surface area (Å²) in [5, 5.41) is 15.8. The first kappa shape index (κ1) is 16.1. The number of aliphatic hydroxyl groups excluding tert-OH is 1. The largest absolute Gasteiger partial charge is 0.387 e. The summed E-state index contributed by atoms with van der Waals surface area (Å²) in [4.78, 5) is 11.2. The van der Waals surface area contributed by atoms with Crippen LogP contribution >= 0.6 is 0 Å². The smallest absolute Gasteiger partial charge is 0.221 e. The van der Waals surface area contributed by atoms with Gasteiger partial charge in [-0.05, 0) is 17.7 Å². The summed E-state index contributed by atoms with van der Waals surface area (Å²) in [5.41, 5.74) is 1.89. The van der Waals surface area contributed by atoms with Crippen LogP contribution in [-0.4, -0.2) is 17.6 Å². The normalized spacial score (nSPS) is 12.0. The Hall–Kier alpha value is -2.24. The molecule has 0 spiro atoms. The molecule has 2 aromatic rings. The number of para-hydroxylation sites is 1. The van der Waals surface area contributed by atoms with Crippen LogP contribution in [-0.2, 0) is 11.3 Å². The van der Waals surface area contributed by atoms with Gasteiger partial charge in [-0.15, -0.1) is 0 Å². The molecule has 0 fully saturated rings. The highest BCUT2D eigenvalue weighted by atomic mass is 19.1. The first-order valence-electron chi connectivity index (χ1n) is 7.06. The second-order valence-corrected chi connectivity index (χ2v) is 5.01. The van der Waals surface area contributed by atoms with Gasteiger partial charge in [0.1, 0.15) is 5.82 Å². The quantitative estimate of drug-likeness (QED) is 0.768. The number of benzene rings is 2. The third-order valence-corrected chi connectivity index (χ3v) is 3.25. The summed E-state index contributed by atoms with van der Waals surface area (Å²) in [6.45, 7) is 2.13. The first-order chi connectivity index (χ1) is 10.6. The Morgan fingerprint density at radius 1 is 1.18 bits per heavy atom. The maximum atomic E-state index is 13.6. The zero-order valence-corrected chi connectivity index (χ0v) is 12.3. The molecular weight excluding hydrogens is 283 g/mol. The number of nitrogens with one attached hydrogen (secondary N) is 2. The lowest BCUT2D eigenvalue weighted by molar-refractivity contribution is -0.114. The fourth-order valence-electron chi connectivity index (χ4n) is 2.18. The number of carbonyl (C=O) groups is 1. The molecule has 5 heteroatoms. The van der Waals surface area contributed by atoms with Gasteiger partial charge in [-0.25, -0.2) is 4.39 Å². The van der Waals surface area contributed by atoms with Crippen LogP contribution in [0.2, 0.25) is 0 Å². The van der Waals surface area contributed by atoms with E-state index in [0.717, 1.165) is 11.3 Å². The molecule has 0 aliphatic heterocycles. The van der Waals surface area contributed by atoms with E-state index in [2.05, 4.69) is 10.6 Å². The Kier molecular flexibility index (Phi) is 5.63. The van der Waals surface area contributed by atoms with Crippen molar-refractivity contribution in [3.05, 3.63) is 65.5 Å². The van der Waals surface area contributed by atoms with Crippen molar-refractivity contribution in [2.45, 2.75) is 19.6 Å². The summed E-state index contributed by atoms with van der Waals surface area (Å²) in [5.74, 6) is -0.561. The van der Waals surface area contributed by atoms with Gasteiger partial charge in [0.15, 0.2) is 0 Å². The van der Waals surface area contributed by atoms with E-state index in [0.29, 0.717) is 6.54 Å². The monoisotopic (exact) mass is 302 g/mol. The molecule has 1 unspecified atom stereocenters. The van der Waals surface area contributed by atoms with Crippen LogP contribution in [0.15, 0.2) is 48.5 Å². The zero-order valence-electron chi connectivity index (χ0n) is 12.3. The summed E-state index contributed by atoms with van der Waals surface area (Å²) in [7, 11) is 0. The fourth-order valence-corrected chi connectivity index (χ4v) is 2.18. The van der Waals surface area contributed by atoms with Crippen molar-refractivity contribution in [3.63, 3.8) is 0 Å². The molecule has 1 atom stereocenters. The van der Waals surface area contributed by atoms with Crippen molar-refractivity contribution in [1.82, 2.24) is 5.32 Å². The van der Waals surface area contributed by atoms with Crippen molar-refractivity contribution in [3.8, 4) is 0 Å². The lowest BCUT2D eigenvalue weighted by Crippen LogP contribution is -2.22. The number of hydrogen-bond donors (Lipinski definition) is 3. The number of aliphatic hydroxyl groups is 1. The molecule has 0 aliphatic carbocycles. The van der Waals surface area contributed by atoms with E-state index < -0.39 is 11.9 Å². The molecule has 0 saturated heterocycles. The standard InChI is InChI=1S/C17H19FN2O2/c1-12(21)20-16-9-5-2-6-13(16)10-19-11-17(22)14-7-3-4-8-15(14)18/h2-9,17,19,22H,10-11H2,1H3,(H,20,21). The van der Waals surface area contributed by atoms with E-state index in [9.17, 15) is 14.3 Å². The third-order valence-electron chi connectivity index (χ3n) is 3.25. The molecule has 0 saturated carbocycles. The summed E-state index contributed by atoms with van der Waals surface area (Å²) in [6.07, 6.45) is -0.922. The van der Waals surface area contributed by atoms with E-state index in [1.807, 2.05) is 24.3 Å². The number of rotatable bonds is 6. The lowest BCUT2D eigenvalue weighted by Gasteiger charge is -2.14. The van der Waals surface area contributed by atoms with Gasteiger partial charge in [0.25, 0.3) is 0 Å². The number of halogens is 1. The molecule has 0 aromatic heterocycles. The van der Waals surface area contributed by atoms with Crippen LogP contribution in [0.3, 0.4) is 0 Å². The molecule has 1 amide bonds. The minimum atomic E-state index is -0.922. The molecule has 116 valence electrons. The molecule has 4 nitrogen and oxygen atoms in total.